The Morgan fingerprint density at radius 3 is 1.36 bits per heavy atom. The van der Waals surface area contributed by atoms with Crippen LogP contribution in [0.1, 0.15) is 213 Å². The number of aliphatic carboxylic acids is 1. The third kappa shape index (κ3) is 43.9. The molecule has 0 fully saturated rings. The summed E-state index contributed by atoms with van der Waals surface area (Å²) in [5.41, 5.74) is 0. The third-order valence-electron chi connectivity index (χ3n) is 10.3. The molecule has 0 saturated heterocycles. The van der Waals surface area contributed by atoms with Gasteiger partial charge in [0.1, 0.15) is 12.7 Å². The first-order valence-electron chi connectivity index (χ1n) is 24.2. The number of carboxylic acid groups (broad SMARTS) is 1. The highest BCUT2D eigenvalue weighted by molar-refractivity contribution is 7.47. The van der Waals surface area contributed by atoms with E-state index >= 15 is 0 Å². The monoisotopic (exact) mass is 882 g/mol. The maximum absolute atomic E-state index is 12.3. The number of phosphoric acid groups is 1. The van der Waals surface area contributed by atoms with Crippen molar-refractivity contribution in [1.82, 2.24) is 5.32 Å². The van der Waals surface area contributed by atoms with E-state index in [2.05, 4.69) is 67.8 Å². The number of carbonyl (C=O) groups is 3. The number of hydrogen-bond acceptors (Lipinski definition) is 8. The quantitative estimate of drug-likeness (QED) is 0.0200. The topological polar surface area (TPSA) is 169 Å². The number of ether oxygens (including phenoxy) is 1. The lowest BCUT2D eigenvalue weighted by molar-refractivity contribution is -0.147. The standard InChI is InChI=1S/C49H88NO10P/c1-3-5-7-9-11-13-15-17-19-21-23-25-27-29-31-33-35-37-39-41-48(53)58-42-45(51)43-59-61(56,57)60-44-46(49(54)55)50-47(52)40-38-36-34-32-30-28-26-24-22-20-18-16-14-12-10-8-6-4-2/h11,13-14,16-17,19-20,22,45-46,51H,3-10,12,15,18,21,23-44H2,1-2H3,(H,50,52)(H,54,55)(H,56,57)/b13-11-,16-14-,19-17-,22-20-. The SMILES string of the molecule is CCCCC/C=C\C/C=C\CCCCCCCCCCCC(=O)OCC(O)COP(=O)(O)OCC(NC(=O)CCCCCCCCC/C=C\C/C=C\CCCCCC)C(=O)O. The average molecular weight is 882 g/mol. The zero-order valence-corrected chi connectivity index (χ0v) is 39.4. The van der Waals surface area contributed by atoms with Gasteiger partial charge in [-0.25, -0.2) is 9.36 Å². The number of aliphatic hydroxyl groups excluding tert-OH is 1. The van der Waals surface area contributed by atoms with Crippen LogP contribution in [0, 0.1) is 0 Å². The second-order valence-electron chi connectivity index (χ2n) is 16.3. The van der Waals surface area contributed by atoms with Crippen LogP contribution >= 0.6 is 7.82 Å². The van der Waals surface area contributed by atoms with Gasteiger partial charge in [-0.05, 0) is 77.0 Å². The van der Waals surface area contributed by atoms with E-state index in [1.165, 1.54) is 96.3 Å². The minimum Gasteiger partial charge on any atom is -0.480 e. The molecule has 3 atom stereocenters. The first-order valence-corrected chi connectivity index (χ1v) is 25.7. The Balaban J connectivity index is 3.87. The van der Waals surface area contributed by atoms with Crippen molar-refractivity contribution in [3.8, 4) is 0 Å². The van der Waals surface area contributed by atoms with Crippen molar-refractivity contribution in [1.29, 1.82) is 0 Å². The Morgan fingerprint density at radius 1 is 0.525 bits per heavy atom. The van der Waals surface area contributed by atoms with Gasteiger partial charge in [0.15, 0.2) is 6.04 Å². The number of rotatable bonds is 45. The van der Waals surface area contributed by atoms with E-state index in [1.54, 1.807) is 0 Å². The zero-order chi connectivity index (χ0) is 44.9. The Bertz CT molecular complexity index is 1220. The molecule has 0 aliphatic heterocycles. The number of unbranched alkanes of at least 4 members (excludes halogenated alkanes) is 23. The predicted octanol–water partition coefficient (Wildman–Crippen LogP) is 13.0. The molecular weight excluding hydrogens is 794 g/mol. The Labute approximate surface area is 371 Å². The minimum absolute atomic E-state index is 0.136. The number of allylic oxidation sites excluding steroid dienone is 8. The molecule has 0 aliphatic rings. The molecule has 11 nitrogen and oxygen atoms in total. The van der Waals surface area contributed by atoms with Gasteiger partial charge < -0.3 is 25.2 Å². The summed E-state index contributed by atoms with van der Waals surface area (Å²) < 4.78 is 26.9. The van der Waals surface area contributed by atoms with Crippen LogP contribution in [-0.2, 0) is 32.7 Å². The summed E-state index contributed by atoms with van der Waals surface area (Å²) in [6.07, 6.45) is 49.8. The van der Waals surface area contributed by atoms with Gasteiger partial charge in [0, 0.05) is 12.8 Å². The van der Waals surface area contributed by atoms with E-state index in [9.17, 15) is 34.1 Å². The van der Waals surface area contributed by atoms with E-state index in [1.807, 2.05) is 0 Å². The van der Waals surface area contributed by atoms with Crippen LogP contribution in [0.15, 0.2) is 48.6 Å². The first-order chi connectivity index (χ1) is 29.6. The predicted molar refractivity (Wildman–Crippen MR) is 249 cm³/mol. The maximum atomic E-state index is 12.3. The summed E-state index contributed by atoms with van der Waals surface area (Å²) in [7, 11) is -4.76. The molecule has 1 amide bonds. The molecule has 0 bridgehead atoms. The van der Waals surface area contributed by atoms with Gasteiger partial charge in [-0.2, -0.15) is 0 Å². The fourth-order valence-electron chi connectivity index (χ4n) is 6.55. The van der Waals surface area contributed by atoms with Crippen LogP contribution in [0.5, 0.6) is 0 Å². The lowest BCUT2D eigenvalue weighted by Crippen LogP contribution is -2.43. The van der Waals surface area contributed by atoms with Crippen LogP contribution in [0.2, 0.25) is 0 Å². The van der Waals surface area contributed by atoms with Crippen LogP contribution in [0.25, 0.3) is 0 Å². The van der Waals surface area contributed by atoms with Crippen LogP contribution in [-0.4, -0.2) is 64.9 Å². The maximum Gasteiger partial charge on any atom is 0.472 e. The van der Waals surface area contributed by atoms with Crippen molar-refractivity contribution in [2.75, 3.05) is 19.8 Å². The lowest BCUT2D eigenvalue weighted by atomic mass is 10.1. The van der Waals surface area contributed by atoms with Crippen molar-refractivity contribution in [2.45, 2.75) is 225 Å². The van der Waals surface area contributed by atoms with E-state index in [4.69, 9.17) is 13.8 Å². The number of esters is 1. The van der Waals surface area contributed by atoms with Gasteiger partial charge in [-0.1, -0.05) is 172 Å². The summed E-state index contributed by atoms with van der Waals surface area (Å²) in [5, 5.41) is 21.9. The molecule has 4 N–H and O–H groups in total. The smallest absolute Gasteiger partial charge is 0.472 e. The fraction of sp³-hybridized carbons (Fsp3) is 0.776. The molecule has 0 aromatic rings. The highest BCUT2D eigenvalue weighted by atomic mass is 31.2. The molecule has 0 aromatic heterocycles. The Kier molecular flexibility index (Phi) is 42.2. The molecule has 0 aromatic carbocycles. The van der Waals surface area contributed by atoms with Crippen molar-refractivity contribution < 1.29 is 47.8 Å². The van der Waals surface area contributed by atoms with E-state index in [-0.39, 0.29) is 12.8 Å². The summed E-state index contributed by atoms with van der Waals surface area (Å²) in [6.45, 7) is 2.56. The molecule has 0 spiro atoms. The summed E-state index contributed by atoms with van der Waals surface area (Å²) in [5.74, 6) is -2.39. The number of nitrogens with one attached hydrogen (secondary N) is 1. The van der Waals surface area contributed by atoms with Crippen LogP contribution in [0.4, 0.5) is 0 Å². The molecular formula is C49H88NO10P. The molecule has 61 heavy (non-hydrogen) atoms. The Morgan fingerprint density at radius 2 is 0.902 bits per heavy atom. The Hall–Kier alpha value is -2.56. The van der Waals surface area contributed by atoms with Gasteiger partial charge in [0.2, 0.25) is 5.91 Å². The third-order valence-corrected chi connectivity index (χ3v) is 11.3. The lowest BCUT2D eigenvalue weighted by Gasteiger charge is -2.18. The number of carboxylic acids is 1. The first kappa shape index (κ1) is 58.4. The van der Waals surface area contributed by atoms with Crippen molar-refractivity contribution in [3.05, 3.63) is 48.6 Å². The number of amides is 1. The number of hydrogen-bond donors (Lipinski definition) is 4. The van der Waals surface area contributed by atoms with Gasteiger partial charge in [0.05, 0.1) is 13.2 Å². The largest absolute Gasteiger partial charge is 0.480 e. The van der Waals surface area contributed by atoms with Crippen molar-refractivity contribution >= 4 is 25.7 Å². The molecule has 0 aliphatic carbocycles. The van der Waals surface area contributed by atoms with E-state index in [0.29, 0.717) is 12.8 Å². The number of carbonyl (C=O) groups excluding carboxylic acids is 2. The van der Waals surface area contributed by atoms with E-state index in [0.717, 1.165) is 77.0 Å². The molecule has 0 saturated carbocycles. The summed E-state index contributed by atoms with van der Waals surface area (Å²) in [6, 6.07) is -1.55. The highest BCUT2D eigenvalue weighted by Gasteiger charge is 2.28. The molecule has 3 unspecified atom stereocenters. The number of phosphoric ester groups is 1. The van der Waals surface area contributed by atoms with Gasteiger partial charge in [-0.15, -0.1) is 0 Å². The van der Waals surface area contributed by atoms with Crippen molar-refractivity contribution in [3.63, 3.8) is 0 Å². The van der Waals surface area contributed by atoms with Crippen LogP contribution in [0.3, 0.4) is 0 Å². The average Bonchev–Trinajstić information content (AvgIpc) is 3.24. The fourth-order valence-corrected chi connectivity index (χ4v) is 7.32. The molecule has 0 radical (unpaired) electrons. The van der Waals surface area contributed by atoms with Crippen LogP contribution < -0.4 is 5.32 Å². The molecule has 354 valence electrons. The van der Waals surface area contributed by atoms with Gasteiger partial charge in [-0.3, -0.25) is 18.6 Å². The molecule has 0 rings (SSSR count). The van der Waals surface area contributed by atoms with Crippen molar-refractivity contribution in [2.24, 2.45) is 0 Å². The highest BCUT2D eigenvalue weighted by Crippen LogP contribution is 2.43. The molecule has 12 heteroatoms. The second kappa shape index (κ2) is 44.1. The zero-order valence-electron chi connectivity index (χ0n) is 38.5. The van der Waals surface area contributed by atoms with E-state index < -0.39 is 57.6 Å². The number of aliphatic hydroxyl groups is 1. The normalized spacial score (nSPS) is 14.0. The summed E-state index contributed by atoms with van der Waals surface area (Å²) >= 11 is 0. The summed E-state index contributed by atoms with van der Waals surface area (Å²) in [4.78, 5) is 46.0. The second-order valence-corrected chi connectivity index (χ2v) is 17.7. The van der Waals surface area contributed by atoms with Gasteiger partial charge in [0.25, 0.3) is 0 Å². The molecule has 0 heterocycles. The van der Waals surface area contributed by atoms with Gasteiger partial charge >= 0.3 is 19.8 Å². The minimum atomic E-state index is -4.76.